The van der Waals surface area contributed by atoms with Crippen molar-refractivity contribution in [2.24, 2.45) is 0 Å². The van der Waals surface area contributed by atoms with Crippen molar-refractivity contribution in [2.45, 2.75) is 18.4 Å². The van der Waals surface area contributed by atoms with Crippen LogP contribution in [0.25, 0.3) is 10.9 Å². The first kappa shape index (κ1) is 23.2. The van der Waals surface area contributed by atoms with Gasteiger partial charge in [0.05, 0.1) is 17.5 Å². The van der Waals surface area contributed by atoms with Gasteiger partial charge in [-0.25, -0.2) is 0 Å². The van der Waals surface area contributed by atoms with Crippen LogP contribution in [0.15, 0.2) is 97.2 Å². The van der Waals surface area contributed by atoms with E-state index in [0.717, 1.165) is 40.7 Å². The Hall–Kier alpha value is -3.54. The van der Waals surface area contributed by atoms with Crippen molar-refractivity contribution in [3.05, 3.63) is 114 Å². The minimum Gasteiger partial charge on any atom is -0.391 e. The monoisotopic (exact) mass is 465 g/mol. The molecule has 2 heterocycles. The Morgan fingerprint density at radius 3 is 2.11 bits per heavy atom. The lowest BCUT2D eigenvalue weighted by Crippen LogP contribution is -2.51. The number of rotatable bonds is 7. The number of benzene rings is 3. The Morgan fingerprint density at radius 1 is 0.800 bits per heavy atom. The lowest BCUT2D eigenvalue weighted by Gasteiger charge is -2.37. The highest BCUT2D eigenvalue weighted by molar-refractivity contribution is 5.87. The average Bonchev–Trinajstić information content (AvgIpc) is 2.91. The van der Waals surface area contributed by atoms with E-state index in [0.29, 0.717) is 26.1 Å². The fourth-order valence-electron chi connectivity index (χ4n) is 5.06. The number of nitrogens with zero attached hydrogens (tertiary/aromatic N) is 3. The standard InChI is InChI=1S/C30H31N3O2/c34-26(21-25-13-7-15-28-27(25)14-8-16-31-28)22-32-17-19-33(20-18-32)30(35)29(23-9-3-1-4-10-23)24-11-5-2-6-12-24/h1-16,26,29,34H,17-22H2. The van der Waals surface area contributed by atoms with Crippen LogP contribution >= 0.6 is 0 Å². The Kier molecular flexibility index (Phi) is 7.17. The summed E-state index contributed by atoms with van der Waals surface area (Å²) in [7, 11) is 0. The molecule has 1 unspecified atom stereocenters. The number of carbonyl (C=O) groups excluding carboxylic acids is 1. The molecule has 0 saturated carbocycles. The largest absolute Gasteiger partial charge is 0.391 e. The Bertz CT molecular complexity index is 1210. The summed E-state index contributed by atoms with van der Waals surface area (Å²) in [6.45, 7) is 3.45. The molecular weight excluding hydrogens is 434 g/mol. The van der Waals surface area contributed by atoms with Crippen molar-refractivity contribution in [1.82, 2.24) is 14.8 Å². The van der Waals surface area contributed by atoms with Gasteiger partial charge < -0.3 is 10.0 Å². The third-order valence-corrected chi connectivity index (χ3v) is 6.86. The van der Waals surface area contributed by atoms with Gasteiger partial charge in [0.2, 0.25) is 5.91 Å². The highest BCUT2D eigenvalue weighted by Gasteiger charge is 2.30. The Labute approximate surface area is 206 Å². The summed E-state index contributed by atoms with van der Waals surface area (Å²) in [5.41, 5.74) is 4.11. The number of aliphatic hydroxyl groups excluding tert-OH is 1. The van der Waals surface area contributed by atoms with E-state index in [1.807, 2.05) is 83.8 Å². The molecule has 3 aromatic carbocycles. The van der Waals surface area contributed by atoms with Crippen molar-refractivity contribution in [2.75, 3.05) is 32.7 Å². The van der Waals surface area contributed by atoms with Crippen molar-refractivity contribution in [3.63, 3.8) is 0 Å². The molecule has 5 nitrogen and oxygen atoms in total. The van der Waals surface area contributed by atoms with Gasteiger partial charge in [-0.3, -0.25) is 14.7 Å². The number of amides is 1. The van der Waals surface area contributed by atoms with Crippen LogP contribution in [0.1, 0.15) is 22.6 Å². The molecular formula is C30H31N3O2. The van der Waals surface area contributed by atoms with Gasteiger partial charge in [0.25, 0.3) is 0 Å². The number of hydrogen-bond donors (Lipinski definition) is 1. The number of pyridine rings is 1. The first-order chi connectivity index (χ1) is 17.2. The summed E-state index contributed by atoms with van der Waals surface area (Å²) < 4.78 is 0. The molecule has 4 aromatic rings. The molecule has 0 aliphatic carbocycles. The van der Waals surface area contributed by atoms with Gasteiger partial charge in [-0.1, -0.05) is 78.9 Å². The van der Waals surface area contributed by atoms with Gasteiger partial charge in [0, 0.05) is 50.7 Å². The molecule has 0 radical (unpaired) electrons. The van der Waals surface area contributed by atoms with E-state index in [-0.39, 0.29) is 11.8 Å². The number of carbonyl (C=O) groups is 1. The maximum atomic E-state index is 13.6. The summed E-state index contributed by atoms with van der Waals surface area (Å²) in [4.78, 5) is 22.3. The van der Waals surface area contributed by atoms with Gasteiger partial charge in [0.1, 0.15) is 0 Å². The lowest BCUT2D eigenvalue weighted by molar-refractivity contribution is -0.133. The van der Waals surface area contributed by atoms with E-state index in [1.54, 1.807) is 6.20 Å². The van der Waals surface area contributed by atoms with E-state index >= 15 is 0 Å². The van der Waals surface area contributed by atoms with Crippen LogP contribution in [0, 0.1) is 0 Å². The minimum absolute atomic E-state index is 0.144. The van der Waals surface area contributed by atoms with E-state index in [4.69, 9.17) is 0 Å². The lowest BCUT2D eigenvalue weighted by atomic mass is 9.90. The Balaban J connectivity index is 1.21. The second-order valence-electron chi connectivity index (χ2n) is 9.23. The van der Waals surface area contributed by atoms with E-state index in [1.165, 1.54) is 0 Å². The van der Waals surface area contributed by atoms with Crippen molar-refractivity contribution in [1.29, 1.82) is 0 Å². The molecule has 1 saturated heterocycles. The highest BCUT2D eigenvalue weighted by atomic mass is 16.3. The molecule has 1 amide bonds. The fraction of sp³-hybridized carbons (Fsp3) is 0.267. The number of β-amino-alcohol motifs (C(OH)–C–C–N with tert-alkyl or cyclic N) is 1. The summed E-state index contributed by atoms with van der Waals surface area (Å²) in [5, 5.41) is 11.9. The van der Waals surface area contributed by atoms with Crippen LogP contribution < -0.4 is 0 Å². The second-order valence-corrected chi connectivity index (χ2v) is 9.23. The molecule has 1 aliphatic rings. The topological polar surface area (TPSA) is 56.7 Å². The molecule has 0 bridgehead atoms. The molecule has 178 valence electrons. The number of aromatic nitrogens is 1. The zero-order valence-corrected chi connectivity index (χ0v) is 19.8. The molecule has 1 fully saturated rings. The zero-order valence-electron chi connectivity index (χ0n) is 19.8. The van der Waals surface area contributed by atoms with Crippen molar-refractivity contribution < 1.29 is 9.90 Å². The van der Waals surface area contributed by atoms with Crippen LogP contribution in [0.2, 0.25) is 0 Å². The average molecular weight is 466 g/mol. The molecule has 35 heavy (non-hydrogen) atoms. The third kappa shape index (κ3) is 5.42. The molecule has 1 aromatic heterocycles. The third-order valence-electron chi connectivity index (χ3n) is 6.86. The summed E-state index contributed by atoms with van der Waals surface area (Å²) in [6, 6.07) is 30.1. The summed E-state index contributed by atoms with van der Waals surface area (Å²) in [5.74, 6) is -0.152. The first-order valence-corrected chi connectivity index (χ1v) is 12.3. The Morgan fingerprint density at radius 2 is 1.46 bits per heavy atom. The van der Waals surface area contributed by atoms with Crippen LogP contribution in [-0.4, -0.2) is 64.6 Å². The zero-order chi connectivity index (χ0) is 24.0. The number of hydrogen-bond acceptors (Lipinski definition) is 4. The molecule has 5 rings (SSSR count). The normalized spacial score (nSPS) is 15.4. The number of piperazine rings is 1. The molecule has 0 spiro atoms. The van der Waals surface area contributed by atoms with Gasteiger partial charge in [-0.2, -0.15) is 0 Å². The van der Waals surface area contributed by atoms with E-state index < -0.39 is 6.10 Å². The smallest absolute Gasteiger partial charge is 0.234 e. The van der Waals surface area contributed by atoms with Gasteiger partial charge >= 0.3 is 0 Å². The van der Waals surface area contributed by atoms with Crippen molar-refractivity contribution in [3.8, 4) is 0 Å². The first-order valence-electron chi connectivity index (χ1n) is 12.3. The van der Waals surface area contributed by atoms with Gasteiger partial charge in [0.15, 0.2) is 0 Å². The molecule has 1 atom stereocenters. The number of fused-ring (bicyclic) bond motifs is 1. The van der Waals surface area contributed by atoms with Crippen LogP contribution in [0.4, 0.5) is 0 Å². The fourth-order valence-corrected chi connectivity index (χ4v) is 5.06. The maximum absolute atomic E-state index is 13.6. The predicted molar refractivity (Wildman–Crippen MR) is 139 cm³/mol. The van der Waals surface area contributed by atoms with Crippen LogP contribution in [0.5, 0.6) is 0 Å². The highest BCUT2D eigenvalue weighted by Crippen LogP contribution is 2.27. The van der Waals surface area contributed by atoms with Crippen LogP contribution in [0.3, 0.4) is 0 Å². The maximum Gasteiger partial charge on any atom is 0.234 e. The molecule has 5 heteroatoms. The molecule has 1 N–H and O–H groups in total. The summed E-state index contributed by atoms with van der Waals surface area (Å²) >= 11 is 0. The SMILES string of the molecule is O=C(C(c1ccccc1)c1ccccc1)N1CCN(CC(O)Cc2cccc3ncccc23)CC1. The number of aliphatic hydroxyl groups is 1. The minimum atomic E-state index is -0.468. The van der Waals surface area contributed by atoms with Crippen LogP contribution in [-0.2, 0) is 11.2 Å². The van der Waals surface area contributed by atoms with Crippen molar-refractivity contribution >= 4 is 16.8 Å². The van der Waals surface area contributed by atoms with Gasteiger partial charge in [-0.05, 0) is 28.8 Å². The second kappa shape index (κ2) is 10.8. The van der Waals surface area contributed by atoms with E-state index in [9.17, 15) is 9.90 Å². The van der Waals surface area contributed by atoms with Gasteiger partial charge in [-0.15, -0.1) is 0 Å². The predicted octanol–water partition coefficient (Wildman–Crippen LogP) is 4.11. The van der Waals surface area contributed by atoms with E-state index in [2.05, 4.69) is 22.0 Å². The summed E-state index contributed by atoms with van der Waals surface area (Å²) in [6.07, 6.45) is 1.92. The molecule has 1 aliphatic heterocycles. The quantitative estimate of drug-likeness (QED) is 0.446.